The Bertz CT molecular complexity index is 425. The Morgan fingerprint density at radius 3 is 2.36 bits per heavy atom. The predicted molar refractivity (Wildman–Crippen MR) is 86.2 cm³/mol. The van der Waals surface area contributed by atoms with Crippen molar-refractivity contribution in [2.24, 2.45) is 16.0 Å². The van der Waals surface area contributed by atoms with Crippen molar-refractivity contribution in [3.05, 3.63) is 10.4 Å². The van der Waals surface area contributed by atoms with E-state index in [1.54, 1.807) is 0 Å². The number of rotatable bonds is 4. The van der Waals surface area contributed by atoms with Gasteiger partial charge in [-0.05, 0) is 5.53 Å². The average molecular weight is 305 g/mol. The molecule has 0 bridgehead atoms. The van der Waals surface area contributed by atoms with Gasteiger partial charge < -0.3 is 0 Å². The molecule has 0 N–H and O–H groups in total. The number of aliphatic imine (C=N–C) groups is 1. The summed E-state index contributed by atoms with van der Waals surface area (Å²) in [7, 11) is 2.06. The number of nitrogens with zero attached hydrogens (tertiary/aromatic N) is 5. The molecule has 1 atom stereocenters. The molecule has 1 saturated carbocycles. The summed E-state index contributed by atoms with van der Waals surface area (Å²) in [5.74, 6) is 0.473. The first-order valence-electron chi connectivity index (χ1n) is 7.93. The molecule has 120 valence electrons. The van der Waals surface area contributed by atoms with Crippen LogP contribution in [0, 0.1) is 5.92 Å². The van der Waals surface area contributed by atoms with E-state index in [9.17, 15) is 9.50 Å². The Balaban J connectivity index is 0.000000541. The standard InChI is InChI=1S/C13H21BN2O2.CH3N3/c17-13(16-8-4-5-9-16)12(15-10-14-18)11-6-2-1-3-7-11;1-3-4-2/h10-12H,1-9H2;1H3. The fraction of sp³-hybridized carbons (Fsp3) is 0.857. The van der Waals surface area contributed by atoms with Crippen LogP contribution < -0.4 is 0 Å². The molecule has 22 heavy (non-hydrogen) atoms. The van der Waals surface area contributed by atoms with E-state index in [0.29, 0.717) is 13.1 Å². The molecule has 0 radical (unpaired) electrons. The van der Waals surface area contributed by atoms with Crippen molar-refractivity contribution in [2.45, 2.75) is 51.0 Å². The van der Waals surface area contributed by atoms with Crippen LogP contribution in [-0.4, -0.2) is 50.3 Å². The van der Waals surface area contributed by atoms with E-state index in [1.165, 1.54) is 32.4 Å². The summed E-state index contributed by atoms with van der Waals surface area (Å²) in [5.41, 5.74) is 7.33. The monoisotopic (exact) mass is 305 g/mol. The van der Waals surface area contributed by atoms with Gasteiger partial charge >= 0.3 is 109 Å². The van der Waals surface area contributed by atoms with Gasteiger partial charge in [0.2, 0.25) is 0 Å². The van der Waals surface area contributed by atoms with Crippen molar-refractivity contribution in [3.63, 3.8) is 0 Å². The van der Waals surface area contributed by atoms with Gasteiger partial charge in [-0.3, -0.25) is 0 Å². The average Bonchev–Trinajstić information content (AvgIpc) is 3.11. The molecule has 2 aliphatic rings. The molecule has 1 aliphatic heterocycles. The van der Waals surface area contributed by atoms with Gasteiger partial charge in [-0.2, -0.15) is 0 Å². The second-order valence-corrected chi connectivity index (χ2v) is 5.60. The van der Waals surface area contributed by atoms with Crippen molar-refractivity contribution in [2.75, 3.05) is 20.1 Å². The number of hydrogen-bond acceptors (Lipinski definition) is 4. The van der Waals surface area contributed by atoms with Gasteiger partial charge in [-0.15, -0.1) is 0 Å². The number of carbonyl (C=O) groups excluding carboxylic acids is 1. The van der Waals surface area contributed by atoms with Gasteiger partial charge in [0.25, 0.3) is 0 Å². The third-order valence-corrected chi connectivity index (χ3v) is 4.16. The predicted octanol–water partition coefficient (Wildman–Crippen LogP) is 2.56. The van der Waals surface area contributed by atoms with E-state index in [1.807, 2.05) is 4.90 Å². The second-order valence-electron chi connectivity index (χ2n) is 5.60. The minimum absolute atomic E-state index is 0.137. The summed E-state index contributed by atoms with van der Waals surface area (Å²) in [6, 6.07) is -0.311. The molecule has 0 spiro atoms. The van der Waals surface area contributed by atoms with Crippen molar-refractivity contribution >= 4 is 19.2 Å². The minimum atomic E-state index is -0.311. The maximum absolute atomic E-state index is 12.4. The van der Waals surface area contributed by atoms with Gasteiger partial charge in [0.15, 0.2) is 0 Å². The summed E-state index contributed by atoms with van der Waals surface area (Å²) >= 11 is 0. The zero-order chi connectivity index (χ0) is 16.2. The van der Waals surface area contributed by atoms with Crippen LogP contribution in [0.5, 0.6) is 0 Å². The van der Waals surface area contributed by atoms with E-state index in [0.717, 1.165) is 38.8 Å². The summed E-state index contributed by atoms with van der Waals surface area (Å²) in [6.45, 7) is 1.72. The molecule has 1 saturated heterocycles. The molecule has 1 amide bonds. The number of carbonyl (C=O) groups is 1. The molecule has 7 nitrogen and oxygen atoms in total. The summed E-state index contributed by atoms with van der Waals surface area (Å²) in [4.78, 5) is 21.0. The van der Waals surface area contributed by atoms with Crippen LogP contribution in [0.25, 0.3) is 10.4 Å². The molecule has 8 heteroatoms. The molecular formula is C14H24BN5O2. The van der Waals surface area contributed by atoms with E-state index in [2.05, 4.69) is 15.0 Å². The third-order valence-electron chi connectivity index (χ3n) is 4.16. The van der Waals surface area contributed by atoms with Crippen LogP contribution >= 0.6 is 0 Å². The quantitative estimate of drug-likeness (QED) is 0.262. The van der Waals surface area contributed by atoms with E-state index in [4.69, 9.17) is 5.53 Å². The van der Waals surface area contributed by atoms with E-state index >= 15 is 0 Å². The van der Waals surface area contributed by atoms with Crippen molar-refractivity contribution in [1.82, 2.24) is 4.90 Å². The first-order chi connectivity index (χ1) is 10.7. The fourth-order valence-corrected chi connectivity index (χ4v) is 3.09. The Labute approximate surface area is 132 Å². The van der Waals surface area contributed by atoms with Gasteiger partial charge in [0, 0.05) is 12.0 Å². The molecule has 2 fully saturated rings. The normalized spacial score (nSPS) is 19.8. The Kier molecular flexibility index (Phi) is 9.15. The number of hydrogen-bond donors (Lipinski definition) is 0. The Morgan fingerprint density at radius 2 is 1.86 bits per heavy atom. The van der Waals surface area contributed by atoms with Crippen molar-refractivity contribution in [3.8, 4) is 0 Å². The molecule has 1 heterocycles. The number of azide groups is 1. The summed E-state index contributed by atoms with van der Waals surface area (Å²) in [5, 5.41) is 2.92. The molecule has 1 aliphatic carbocycles. The second kappa shape index (κ2) is 11.0. The van der Waals surface area contributed by atoms with Gasteiger partial charge in [0.05, 0.1) is 0 Å². The molecule has 0 aromatic rings. The summed E-state index contributed by atoms with van der Waals surface area (Å²) < 4.78 is 10.5. The number of likely N-dealkylation sites (tertiary alicyclic amines) is 1. The third kappa shape index (κ3) is 5.97. The van der Waals surface area contributed by atoms with Crippen LogP contribution in [0.4, 0.5) is 0 Å². The van der Waals surface area contributed by atoms with Gasteiger partial charge in [0.1, 0.15) is 0 Å². The van der Waals surface area contributed by atoms with Gasteiger partial charge in [-0.25, -0.2) is 0 Å². The molecule has 1 unspecified atom stereocenters. The van der Waals surface area contributed by atoms with E-state index in [-0.39, 0.29) is 11.9 Å². The molecular weight excluding hydrogens is 281 g/mol. The zero-order valence-electron chi connectivity index (χ0n) is 13.2. The summed E-state index contributed by atoms with van der Waals surface area (Å²) in [6.07, 6.45) is 9.23. The molecule has 0 aromatic carbocycles. The number of amides is 1. The maximum atomic E-state index is 12.4. The van der Waals surface area contributed by atoms with Crippen molar-refractivity contribution in [1.29, 1.82) is 0 Å². The van der Waals surface area contributed by atoms with E-state index < -0.39 is 0 Å². The Hall–Kier alpha value is -1.69. The van der Waals surface area contributed by atoms with Crippen LogP contribution in [0.2, 0.25) is 0 Å². The van der Waals surface area contributed by atoms with Crippen LogP contribution in [0.1, 0.15) is 44.9 Å². The van der Waals surface area contributed by atoms with Crippen LogP contribution in [-0.2, 0) is 9.50 Å². The van der Waals surface area contributed by atoms with Crippen LogP contribution in [0.15, 0.2) is 10.1 Å². The Morgan fingerprint density at radius 1 is 1.27 bits per heavy atom. The topological polar surface area (TPSA) is 98.5 Å². The van der Waals surface area contributed by atoms with Crippen molar-refractivity contribution < 1.29 is 9.50 Å². The first-order valence-corrected chi connectivity index (χ1v) is 7.93. The molecule has 0 aromatic heterocycles. The fourth-order valence-electron chi connectivity index (χ4n) is 3.09. The molecule has 2 rings (SSSR count). The SMILES string of the molecule is CN=[N+]=[N-].O=BC=NC(C(=O)N1CCCC1)C1CCCCC1. The van der Waals surface area contributed by atoms with Gasteiger partial charge in [-0.1, -0.05) is 5.11 Å². The zero-order valence-corrected chi connectivity index (χ0v) is 13.2. The first kappa shape index (κ1) is 18.4. The van der Waals surface area contributed by atoms with Crippen LogP contribution in [0.3, 0.4) is 0 Å².